The number of aromatic nitrogens is 1. The van der Waals surface area contributed by atoms with Gasteiger partial charge >= 0.3 is 0 Å². The molecular formula is C12H19N3O. The van der Waals surface area contributed by atoms with Crippen LogP contribution in [0.25, 0.3) is 0 Å². The summed E-state index contributed by atoms with van der Waals surface area (Å²) >= 11 is 0. The van der Waals surface area contributed by atoms with E-state index >= 15 is 0 Å². The van der Waals surface area contributed by atoms with Crippen LogP contribution in [0.15, 0.2) is 18.3 Å². The molecule has 0 spiro atoms. The van der Waals surface area contributed by atoms with Gasteiger partial charge in [0.25, 0.3) is 0 Å². The van der Waals surface area contributed by atoms with Crippen molar-refractivity contribution in [1.82, 2.24) is 9.88 Å². The first-order valence-corrected chi connectivity index (χ1v) is 5.50. The van der Waals surface area contributed by atoms with Crippen LogP contribution in [0.4, 0.5) is 5.69 Å². The van der Waals surface area contributed by atoms with E-state index in [1.807, 2.05) is 14.0 Å². The zero-order chi connectivity index (χ0) is 12.1. The van der Waals surface area contributed by atoms with Crippen molar-refractivity contribution in [3.8, 4) is 0 Å². The van der Waals surface area contributed by atoms with E-state index in [1.165, 1.54) is 0 Å². The van der Waals surface area contributed by atoms with E-state index < -0.39 is 0 Å². The number of nitrogen functional groups attached to an aromatic ring is 1. The van der Waals surface area contributed by atoms with E-state index in [0.29, 0.717) is 12.1 Å². The number of rotatable bonds is 4. The summed E-state index contributed by atoms with van der Waals surface area (Å²) in [5, 5.41) is 0. The fraction of sp³-hybridized carbons (Fsp3) is 0.500. The van der Waals surface area contributed by atoms with Crippen molar-refractivity contribution in [2.75, 3.05) is 12.8 Å². The van der Waals surface area contributed by atoms with Gasteiger partial charge < -0.3 is 10.6 Å². The zero-order valence-electron chi connectivity index (χ0n) is 10.1. The number of hydrogen-bond acceptors (Lipinski definition) is 3. The topological polar surface area (TPSA) is 59.2 Å². The standard InChI is InChI=1S/C12H19N3O/c1-4-9(2)15(3)12(16)7-11-6-5-10(13)8-14-11/h5-6,8-9H,4,7,13H2,1-3H3. The van der Waals surface area contributed by atoms with Crippen LogP contribution in [0.3, 0.4) is 0 Å². The molecule has 4 nitrogen and oxygen atoms in total. The molecule has 1 heterocycles. The smallest absolute Gasteiger partial charge is 0.228 e. The van der Waals surface area contributed by atoms with Crippen molar-refractivity contribution >= 4 is 11.6 Å². The van der Waals surface area contributed by atoms with E-state index in [1.54, 1.807) is 23.2 Å². The maximum Gasteiger partial charge on any atom is 0.228 e. The second-order valence-corrected chi connectivity index (χ2v) is 4.02. The number of pyridine rings is 1. The summed E-state index contributed by atoms with van der Waals surface area (Å²) in [5.41, 5.74) is 6.90. The van der Waals surface area contributed by atoms with Crippen molar-refractivity contribution in [2.45, 2.75) is 32.7 Å². The molecule has 1 aromatic heterocycles. The minimum atomic E-state index is 0.0895. The number of carbonyl (C=O) groups excluding carboxylic acids is 1. The first-order chi connectivity index (χ1) is 7.54. The number of nitrogens with two attached hydrogens (primary N) is 1. The minimum absolute atomic E-state index is 0.0895. The number of nitrogens with zero attached hydrogens (tertiary/aromatic N) is 2. The van der Waals surface area contributed by atoms with Crippen molar-refractivity contribution in [2.24, 2.45) is 0 Å². The van der Waals surface area contributed by atoms with Crippen LogP contribution in [0, 0.1) is 0 Å². The molecule has 1 aromatic rings. The summed E-state index contributed by atoms with van der Waals surface area (Å²) < 4.78 is 0. The molecule has 4 heteroatoms. The molecule has 1 atom stereocenters. The van der Waals surface area contributed by atoms with E-state index in [9.17, 15) is 4.79 Å². The Morgan fingerprint density at radius 2 is 2.25 bits per heavy atom. The largest absolute Gasteiger partial charge is 0.397 e. The highest BCUT2D eigenvalue weighted by Gasteiger charge is 2.14. The van der Waals surface area contributed by atoms with Gasteiger partial charge in [0.2, 0.25) is 5.91 Å². The van der Waals surface area contributed by atoms with Crippen LogP contribution < -0.4 is 5.73 Å². The highest BCUT2D eigenvalue weighted by Crippen LogP contribution is 2.06. The molecule has 88 valence electrons. The van der Waals surface area contributed by atoms with Crippen LogP contribution in [-0.4, -0.2) is 28.9 Å². The van der Waals surface area contributed by atoms with Gasteiger partial charge in [0, 0.05) is 18.8 Å². The molecule has 2 N–H and O–H groups in total. The number of hydrogen-bond donors (Lipinski definition) is 1. The highest BCUT2D eigenvalue weighted by molar-refractivity contribution is 5.78. The summed E-state index contributed by atoms with van der Waals surface area (Å²) in [6, 6.07) is 3.82. The monoisotopic (exact) mass is 221 g/mol. The number of carbonyl (C=O) groups is 1. The predicted octanol–water partition coefficient (Wildman–Crippen LogP) is 1.46. The molecule has 0 saturated heterocycles. The lowest BCUT2D eigenvalue weighted by Crippen LogP contribution is -2.35. The van der Waals surface area contributed by atoms with Crippen molar-refractivity contribution < 1.29 is 4.79 Å². The van der Waals surface area contributed by atoms with E-state index in [0.717, 1.165) is 12.1 Å². The molecule has 0 aliphatic rings. The molecule has 0 fully saturated rings. The molecule has 0 saturated carbocycles. The minimum Gasteiger partial charge on any atom is -0.397 e. The third-order valence-electron chi connectivity index (χ3n) is 2.83. The predicted molar refractivity (Wildman–Crippen MR) is 64.9 cm³/mol. The number of anilines is 1. The van der Waals surface area contributed by atoms with Crippen LogP contribution in [-0.2, 0) is 11.2 Å². The van der Waals surface area contributed by atoms with Gasteiger partial charge in [-0.05, 0) is 25.5 Å². The molecule has 0 aliphatic heterocycles. The summed E-state index contributed by atoms with van der Waals surface area (Å²) in [5.74, 6) is 0.0895. The van der Waals surface area contributed by atoms with Gasteiger partial charge in [-0.25, -0.2) is 0 Å². The van der Waals surface area contributed by atoms with Crippen LogP contribution >= 0.6 is 0 Å². The quantitative estimate of drug-likeness (QED) is 0.837. The maximum atomic E-state index is 11.9. The molecule has 0 radical (unpaired) electrons. The van der Waals surface area contributed by atoms with Crippen LogP contribution in [0.2, 0.25) is 0 Å². The fourth-order valence-corrected chi connectivity index (χ4v) is 1.34. The fourth-order valence-electron chi connectivity index (χ4n) is 1.34. The Bertz CT molecular complexity index is 348. The van der Waals surface area contributed by atoms with Gasteiger partial charge in [0.05, 0.1) is 18.3 Å². The molecule has 0 bridgehead atoms. The Labute approximate surface area is 96.5 Å². The number of likely N-dealkylation sites (N-methyl/N-ethyl adjacent to an activating group) is 1. The Morgan fingerprint density at radius 1 is 1.56 bits per heavy atom. The lowest BCUT2D eigenvalue weighted by molar-refractivity contribution is -0.131. The van der Waals surface area contributed by atoms with Gasteiger partial charge in [-0.1, -0.05) is 6.92 Å². The first kappa shape index (κ1) is 12.5. The summed E-state index contributed by atoms with van der Waals surface area (Å²) in [6.07, 6.45) is 2.87. The van der Waals surface area contributed by atoms with Gasteiger partial charge in [-0.2, -0.15) is 0 Å². The van der Waals surface area contributed by atoms with Crippen molar-refractivity contribution in [1.29, 1.82) is 0 Å². The molecule has 1 amide bonds. The molecule has 1 unspecified atom stereocenters. The molecule has 1 rings (SSSR count). The van der Waals surface area contributed by atoms with E-state index in [-0.39, 0.29) is 11.9 Å². The lowest BCUT2D eigenvalue weighted by atomic mass is 10.2. The van der Waals surface area contributed by atoms with Crippen LogP contribution in [0.1, 0.15) is 26.0 Å². The molecule has 16 heavy (non-hydrogen) atoms. The van der Waals surface area contributed by atoms with Gasteiger partial charge in [-0.15, -0.1) is 0 Å². The Morgan fingerprint density at radius 3 is 2.75 bits per heavy atom. The Balaban J connectivity index is 2.60. The second kappa shape index (κ2) is 5.49. The third kappa shape index (κ3) is 3.22. The van der Waals surface area contributed by atoms with Gasteiger partial charge in [0.15, 0.2) is 0 Å². The second-order valence-electron chi connectivity index (χ2n) is 4.02. The molecule has 0 aromatic carbocycles. The summed E-state index contributed by atoms with van der Waals surface area (Å²) in [4.78, 5) is 17.7. The van der Waals surface area contributed by atoms with Crippen molar-refractivity contribution in [3.63, 3.8) is 0 Å². The summed E-state index contributed by atoms with van der Waals surface area (Å²) in [6.45, 7) is 4.10. The van der Waals surface area contributed by atoms with Crippen LogP contribution in [0.5, 0.6) is 0 Å². The molecule has 0 aliphatic carbocycles. The Kier molecular flexibility index (Phi) is 4.28. The normalized spacial score (nSPS) is 12.2. The maximum absolute atomic E-state index is 11.9. The lowest BCUT2D eigenvalue weighted by Gasteiger charge is -2.23. The average Bonchev–Trinajstić information content (AvgIpc) is 2.30. The van der Waals surface area contributed by atoms with E-state index in [4.69, 9.17) is 5.73 Å². The third-order valence-corrected chi connectivity index (χ3v) is 2.83. The van der Waals surface area contributed by atoms with E-state index in [2.05, 4.69) is 11.9 Å². The highest BCUT2D eigenvalue weighted by atomic mass is 16.2. The number of amides is 1. The SMILES string of the molecule is CCC(C)N(C)C(=O)Cc1ccc(N)cn1. The van der Waals surface area contributed by atoms with Gasteiger partial charge in [-0.3, -0.25) is 9.78 Å². The zero-order valence-corrected chi connectivity index (χ0v) is 10.1. The molecular weight excluding hydrogens is 202 g/mol. The van der Waals surface area contributed by atoms with Gasteiger partial charge in [0.1, 0.15) is 0 Å². The summed E-state index contributed by atoms with van der Waals surface area (Å²) in [7, 11) is 1.83. The first-order valence-electron chi connectivity index (χ1n) is 5.50. The van der Waals surface area contributed by atoms with Crippen molar-refractivity contribution in [3.05, 3.63) is 24.0 Å². The Hall–Kier alpha value is -1.58. The average molecular weight is 221 g/mol.